The molecule has 0 amide bonds. The summed E-state index contributed by atoms with van der Waals surface area (Å²) < 4.78 is 0. The van der Waals surface area contributed by atoms with Crippen molar-refractivity contribution < 1.29 is 0 Å². The van der Waals surface area contributed by atoms with E-state index in [0.29, 0.717) is 17.5 Å². The maximum atomic E-state index is 8.67. The van der Waals surface area contributed by atoms with Gasteiger partial charge in [0.2, 0.25) is 0 Å². The van der Waals surface area contributed by atoms with Crippen LogP contribution in [0.1, 0.15) is 62.4 Å². The van der Waals surface area contributed by atoms with Crippen molar-refractivity contribution in [3.05, 3.63) is 70.3 Å². The van der Waals surface area contributed by atoms with Crippen LogP contribution in [0.5, 0.6) is 0 Å². The molecule has 0 aliphatic rings. The lowest BCUT2D eigenvalue weighted by Crippen LogP contribution is -1.86. The highest BCUT2D eigenvalue weighted by Gasteiger charge is 2.00. The van der Waals surface area contributed by atoms with Gasteiger partial charge in [0.05, 0.1) is 28.8 Å². The van der Waals surface area contributed by atoms with Gasteiger partial charge in [-0.2, -0.15) is 21.0 Å². The highest BCUT2D eigenvalue weighted by Crippen LogP contribution is 2.10. The van der Waals surface area contributed by atoms with E-state index in [2.05, 4.69) is 13.0 Å². The standard InChI is InChI=1S/C10H8N2.C9H9N.C3H5N.CH4/c1-2-8-3-4-9(6-11)10(5-8)7-12;1-2-8-3-5-9(7-10)6-4-8;1-2-3-4;/h3-5H,2H2,1H3;3-6H,2H2,1H3;2H2,1H3;1H4. The Hall–Kier alpha value is -3.60. The Morgan fingerprint density at radius 3 is 1.52 bits per heavy atom. The first kappa shape index (κ1) is 25.6. The minimum Gasteiger partial charge on any atom is -0.198 e. The summed E-state index contributed by atoms with van der Waals surface area (Å²) in [7, 11) is 0. The van der Waals surface area contributed by atoms with Crippen LogP contribution in [0.3, 0.4) is 0 Å². The van der Waals surface area contributed by atoms with E-state index >= 15 is 0 Å². The van der Waals surface area contributed by atoms with Gasteiger partial charge in [-0.25, -0.2) is 0 Å². The Kier molecular flexibility index (Phi) is 15.1. The maximum absolute atomic E-state index is 8.67. The summed E-state index contributed by atoms with van der Waals surface area (Å²) >= 11 is 0. The van der Waals surface area contributed by atoms with Gasteiger partial charge in [0.15, 0.2) is 0 Å². The summed E-state index contributed by atoms with van der Waals surface area (Å²) in [6, 6.07) is 21.0. The Labute approximate surface area is 163 Å². The lowest BCUT2D eigenvalue weighted by atomic mass is 10.0. The summed E-state index contributed by atoms with van der Waals surface area (Å²) in [6.07, 6.45) is 2.55. The van der Waals surface area contributed by atoms with Gasteiger partial charge in [-0.15, -0.1) is 0 Å². The minimum absolute atomic E-state index is 0. The Morgan fingerprint density at radius 1 is 0.667 bits per heavy atom. The van der Waals surface area contributed by atoms with Crippen molar-refractivity contribution in [1.82, 2.24) is 0 Å². The van der Waals surface area contributed by atoms with E-state index < -0.39 is 0 Å². The zero-order chi connectivity index (χ0) is 19.8. The molecule has 2 rings (SSSR count). The smallest absolute Gasteiger partial charge is 0.101 e. The molecular weight excluding hydrogens is 332 g/mol. The first-order chi connectivity index (χ1) is 12.6. The van der Waals surface area contributed by atoms with E-state index in [0.717, 1.165) is 24.0 Å². The van der Waals surface area contributed by atoms with Crippen molar-refractivity contribution in [2.24, 2.45) is 0 Å². The van der Waals surface area contributed by atoms with E-state index in [1.807, 2.05) is 62.4 Å². The third-order valence-corrected chi connectivity index (χ3v) is 3.38. The van der Waals surface area contributed by atoms with Crippen molar-refractivity contribution in [2.45, 2.75) is 47.5 Å². The van der Waals surface area contributed by atoms with Crippen molar-refractivity contribution in [3.8, 4) is 24.3 Å². The summed E-state index contributed by atoms with van der Waals surface area (Å²) in [5.74, 6) is 0. The molecule has 0 N–H and O–H groups in total. The summed E-state index contributed by atoms with van der Waals surface area (Å²) in [6.45, 7) is 5.93. The molecule has 4 heteroatoms. The SMILES string of the molecule is C.CCC#N.CCc1ccc(C#N)c(C#N)c1.CCc1ccc(C#N)cc1. The molecule has 0 heterocycles. The lowest BCUT2D eigenvalue weighted by Gasteiger charge is -1.97. The second-order valence-corrected chi connectivity index (χ2v) is 5.13. The fourth-order valence-corrected chi connectivity index (χ4v) is 1.82. The molecule has 0 bridgehead atoms. The van der Waals surface area contributed by atoms with Crippen LogP contribution in [0.4, 0.5) is 0 Å². The van der Waals surface area contributed by atoms with Crippen LogP contribution >= 0.6 is 0 Å². The zero-order valence-corrected chi connectivity index (χ0v) is 15.5. The van der Waals surface area contributed by atoms with E-state index in [1.165, 1.54) is 5.56 Å². The number of benzene rings is 2. The first-order valence-electron chi connectivity index (χ1n) is 8.39. The monoisotopic (exact) mass is 358 g/mol. The fraction of sp³-hybridized carbons (Fsp3) is 0.304. The third-order valence-electron chi connectivity index (χ3n) is 3.38. The predicted octanol–water partition coefficient (Wildman–Crippen LogP) is 5.67. The molecule has 0 aliphatic carbocycles. The molecule has 2 aromatic rings. The molecule has 0 fully saturated rings. The molecule has 138 valence electrons. The summed E-state index contributed by atoms with van der Waals surface area (Å²) in [5, 5.41) is 33.4. The molecule has 0 unspecified atom stereocenters. The van der Waals surface area contributed by atoms with Crippen LogP contribution in [-0.2, 0) is 12.8 Å². The van der Waals surface area contributed by atoms with Crippen LogP contribution in [0, 0.1) is 45.3 Å². The average molecular weight is 358 g/mol. The van der Waals surface area contributed by atoms with Crippen LogP contribution in [0.15, 0.2) is 42.5 Å². The summed E-state index contributed by atoms with van der Waals surface area (Å²) in [4.78, 5) is 0. The Morgan fingerprint density at radius 2 is 1.15 bits per heavy atom. The molecule has 2 aromatic carbocycles. The Bertz CT molecular complexity index is 838. The third kappa shape index (κ3) is 10.1. The summed E-state index contributed by atoms with van der Waals surface area (Å²) in [5.41, 5.74) is 4.02. The number of nitriles is 4. The Balaban J connectivity index is 0. The number of hydrogen-bond acceptors (Lipinski definition) is 4. The van der Waals surface area contributed by atoms with E-state index in [-0.39, 0.29) is 7.43 Å². The maximum Gasteiger partial charge on any atom is 0.101 e. The topological polar surface area (TPSA) is 95.2 Å². The quantitative estimate of drug-likeness (QED) is 0.691. The first-order valence-corrected chi connectivity index (χ1v) is 8.39. The molecule has 0 saturated carbocycles. The molecule has 0 saturated heterocycles. The van der Waals surface area contributed by atoms with Gasteiger partial charge in [0, 0.05) is 6.42 Å². The molecule has 4 nitrogen and oxygen atoms in total. The van der Waals surface area contributed by atoms with Crippen molar-refractivity contribution in [2.75, 3.05) is 0 Å². The highest BCUT2D eigenvalue weighted by molar-refractivity contribution is 5.47. The van der Waals surface area contributed by atoms with E-state index in [9.17, 15) is 0 Å². The largest absolute Gasteiger partial charge is 0.198 e. The van der Waals surface area contributed by atoms with Crippen LogP contribution < -0.4 is 0 Å². The number of aryl methyl sites for hydroxylation is 2. The average Bonchev–Trinajstić information content (AvgIpc) is 2.73. The van der Waals surface area contributed by atoms with Crippen LogP contribution in [-0.4, -0.2) is 0 Å². The van der Waals surface area contributed by atoms with Crippen LogP contribution in [0.2, 0.25) is 0 Å². The molecule has 27 heavy (non-hydrogen) atoms. The molecular formula is C23H26N4. The number of hydrogen-bond donors (Lipinski definition) is 0. The van der Waals surface area contributed by atoms with Gasteiger partial charge in [0.1, 0.15) is 12.1 Å². The van der Waals surface area contributed by atoms with E-state index in [1.54, 1.807) is 12.1 Å². The number of nitrogens with zero attached hydrogens (tertiary/aromatic N) is 4. The van der Waals surface area contributed by atoms with Crippen LogP contribution in [0.25, 0.3) is 0 Å². The zero-order valence-electron chi connectivity index (χ0n) is 15.5. The van der Waals surface area contributed by atoms with Gasteiger partial charge >= 0.3 is 0 Å². The normalized spacial score (nSPS) is 7.81. The molecule has 0 aliphatic heterocycles. The van der Waals surface area contributed by atoms with Crippen molar-refractivity contribution in [1.29, 1.82) is 21.0 Å². The molecule has 0 spiro atoms. The van der Waals surface area contributed by atoms with Gasteiger partial charge < -0.3 is 0 Å². The van der Waals surface area contributed by atoms with Crippen molar-refractivity contribution in [3.63, 3.8) is 0 Å². The van der Waals surface area contributed by atoms with Gasteiger partial charge in [-0.3, -0.25) is 0 Å². The van der Waals surface area contributed by atoms with Crippen molar-refractivity contribution >= 4 is 0 Å². The van der Waals surface area contributed by atoms with E-state index in [4.69, 9.17) is 21.0 Å². The lowest BCUT2D eigenvalue weighted by molar-refractivity contribution is 1.13. The van der Waals surface area contributed by atoms with Gasteiger partial charge in [-0.1, -0.05) is 46.4 Å². The minimum atomic E-state index is 0. The predicted molar refractivity (Wildman–Crippen MR) is 108 cm³/mol. The second kappa shape index (κ2) is 15.9. The molecule has 0 aromatic heterocycles. The fourth-order valence-electron chi connectivity index (χ4n) is 1.82. The highest BCUT2D eigenvalue weighted by atomic mass is 14.3. The van der Waals surface area contributed by atoms with Gasteiger partial charge in [-0.05, 0) is 48.2 Å². The second-order valence-electron chi connectivity index (χ2n) is 5.13. The van der Waals surface area contributed by atoms with Gasteiger partial charge in [0.25, 0.3) is 0 Å². The molecule has 0 atom stereocenters. The molecule has 0 radical (unpaired) electrons. The number of rotatable bonds is 2.